The molecule has 2 heteroatoms. The average Bonchev–Trinajstić information content (AvgIpc) is 2.22. The van der Waals surface area contributed by atoms with E-state index in [1.54, 1.807) is 0 Å². The van der Waals surface area contributed by atoms with Gasteiger partial charge in [-0.2, -0.15) is 0 Å². The summed E-state index contributed by atoms with van der Waals surface area (Å²) < 4.78 is 0. The predicted molar refractivity (Wildman–Crippen MR) is 27.7 cm³/mol. The van der Waals surface area contributed by atoms with Crippen LogP contribution in [-0.4, -0.2) is 12.1 Å². The lowest BCUT2D eigenvalue weighted by atomic mass is 10.3. The first-order valence-corrected chi connectivity index (χ1v) is 2.96. The Morgan fingerprint density at radius 2 is 1.57 bits per heavy atom. The lowest BCUT2D eigenvalue weighted by Gasteiger charge is -2.10. The summed E-state index contributed by atoms with van der Waals surface area (Å²) >= 11 is 0. The maximum Gasteiger partial charge on any atom is 0.0228 e. The molecule has 2 fully saturated rings. The van der Waals surface area contributed by atoms with Crippen molar-refractivity contribution in [1.82, 2.24) is 10.9 Å². The van der Waals surface area contributed by atoms with Crippen LogP contribution < -0.4 is 10.9 Å². The van der Waals surface area contributed by atoms with Crippen molar-refractivity contribution in [2.45, 2.75) is 31.3 Å². The maximum atomic E-state index is 3.21. The third-order valence-corrected chi connectivity index (χ3v) is 1.92. The van der Waals surface area contributed by atoms with Crippen LogP contribution in [0.15, 0.2) is 0 Å². The molecule has 1 heterocycles. The number of fused-ring (bicyclic) bond motifs is 2. The molecule has 2 rings (SSSR count). The van der Waals surface area contributed by atoms with Crippen LogP contribution in [0.3, 0.4) is 0 Å². The maximum absolute atomic E-state index is 3.21. The standard InChI is InChI=1S/C5H10N2/c1-2-5-3-4(1)6-7-5/h4-7H,1-3H2/t4-,5+. The Balaban J connectivity index is 2.12. The van der Waals surface area contributed by atoms with E-state index in [1.165, 1.54) is 19.3 Å². The monoisotopic (exact) mass is 98.1 g/mol. The van der Waals surface area contributed by atoms with E-state index in [1.807, 2.05) is 0 Å². The molecular formula is C5H10N2. The van der Waals surface area contributed by atoms with Crippen molar-refractivity contribution >= 4 is 0 Å². The first kappa shape index (κ1) is 3.87. The molecule has 40 valence electrons. The summed E-state index contributed by atoms with van der Waals surface area (Å²) in [5, 5.41) is 0. The molecule has 2 bridgehead atoms. The minimum Gasteiger partial charge on any atom is -0.254 e. The number of hydrogen-bond donors (Lipinski definition) is 2. The van der Waals surface area contributed by atoms with E-state index in [0.717, 1.165) is 12.1 Å². The van der Waals surface area contributed by atoms with Crippen LogP contribution in [-0.2, 0) is 0 Å². The highest BCUT2D eigenvalue weighted by molar-refractivity contribution is 4.89. The third kappa shape index (κ3) is 0.469. The molecule has 1 saturated heterocycles. The van der Waals surface area contributed by atoms with Gasteiger partial charge in [0.1, 0.15) is 0 Å². The van der Waals surface area contributed by atoms with Gasteiger partial charge in [-0.1, -0.05) is 0 Å². The summed E-state index contributed by atoms with van der Waals surface area (Å²) in [7, 11) is 0. The molecule has 2 nitrogen and oxygen atoms in total. The average molecular weight is 98.1 g/mol. The summed E-state index contributed by atoms with van der Waals surface area (Å²) in [6, 6.07) is 1.62. The van der Waals surface area contributed by atoms with Gasteiger partial charge in [0.15, 0.2) is 0 Å². The van der Waals surface area contributed by atoms with Crippen LogP contribution in [0, 0.1) is 0 Å². The number of rotatable bonds is 0. The van der Waals surface area contributed by atoms with Gasteiger partial charge in [-0.15, -0.1) is 0 Å². The van der Waals surface area contributed by atoms with Gasteiger partial charge >= 0.3 is 0 Å². The molecule has 1 saturated carbocycles. The Labute approximate surface area is 43.3 Å². The fourth-order valence-corrected chi connectivity index (χ4v) is 1.48. The van der Waals surface area contributed by atoms with Crippen molar-refractivity contribution in [2.24, 2.45) is 0 Å². The molecule has 2 N–H and O–H groups in total. The van der Waals surface area contributed by atoms with Crippen molar-refractivity contribution < 1.29 is 0 Å². The van der Waals surface area contributed by atoms with Crippen LogP contribution in [0.1, 0.15) is 19.3 Å². The Morgan fingerprint density at radius 3 is 1.71 bits per heavy atom. The zero-order valence-corrected chi connectivity index (χ0v) is 4.28. The molecule has 0 radical (unpaired) electrons. The molecular weight excluding hydrogens is 88.1 g/mol. The topological polar surface area (TPSA) is 24.1 Å². The largest absolute Gasteiger partial charge is 0.254 e. The van der Waals surface area contributed by atoms with Crippen LogP contribution in [0.2, 0.25) is 0 Å². The Hall–Kier alpha value is -0.0800. The van der Waals surface area contributed by atoms with Gasteiger partial charge in [0.05, 0.1) is 0 Å². The van der Waals surface area contributed by atoms with Gasteiger partial charge in [0, 0.05) is 12.1 Å². The van der Waals surface area contributed by atoms with Crippen LogP contribution >= 0.6 is 0 Å². The van der Waals surface area contributed by atoms with Crippen LogP contribution in [0.4, 0.5) is 0 Å². The second-order valence-electron chi connectivity index (χ2n) is 2.50. The summed E-state index contributed by atoms with van der Waals surface area (Å²) in [4.78, 5) is 0. The fraction of sp³-hybridized carbons (Fsp3) is 1.00. The highest BCUT2D eigenvalue weighted by Gasteiger charge is 2.29. The molecule has 2 atom stereocenters. The lowest BCUT2D eigenvalue weighted by molar-refractivity contribution is 0.437. The summed E-state index contributed by atoms with van der Waals surface area (Å²) in [6.07, 6.45) is 4.13. The smallest absolute Gasteiger partial charge is 0.0228 e. The van der Waals surface area contributed by atoms with E-state index in [2.05, 4.69) is 10.9 Å². The molecule has 1 aliphatic carbocycles. The van der Waals surface area contributed by atoms with Gasteiger partial charge in [-0.25, -0.2) is 0 Å². The number of nitrogens with one attached hydrogen (secondary N) is 2. The van der Waals surface area contributed by atoms with Crippen molar-refractivity contribution in [3.05, 3.63) is 0 Å². The second-order valence-corrected chi connectivity index (χ2v) is 2.50. The van der Waals surface area contributed by atoms with Crippen molar-refractivity contribution in [1.29, 1.82) is 0 Å². The van der Waals surface area contributed by atoms with Crippen molar-refractivity contribution in [3.63, 3.8) is 0 Å². The van der Waals surface area contributed by atoms with E-state index in [-0.39, 0.29) is 0 Å². The first-order chi connectivity index (χ1) is 3.45. The first-order valence-electron chi connectivity index (χ1n) is 2.96. The zero-order chi connectivity index (χ0) is 4.69. The molecule has 0 spiro atoms. The van der Waals surface area contributed by atoms with Gasteiger partial charge in [-0.05, 0) is 19.3 Å². The van der Waals surface area contributed by atoms with Crippen LogP contribution in [0.25, 0.3) is 0 Å². The van der Waals surface area contributed by atoms with Crippen molar-refractivity contribution in [3.8, 4) is 0 Å². The second kappa shape index (κ2) is 1.20. The van der Waals surface area contributed by atoms with Crippen molar-refractivity contribution in [2.75, 3.05) is 0 Å². The van der Waals surface area contributed by atoms with E-state index >= 15 is 0 Å². The van der Waals surface area contributed by atoms with Gasteiger partial charge in [-0.3, -0.25) is 10.9 Å². The lowest BCUT2D eigenvalue weighted by Crippen LogP contribution is -2.37. The Kier molecular flexibility index (Phi) is 0.664. The van der Waals surface area contributed by atoms with E-state index < -0.39 is 0 Å². The summed E-state index contributed by atoms with van der Waals surface area (Å²) in [5.74, 6) is 0. The fourth-order valence-electron chi connectivity index (χ4n) is 1.48. The molecule has 0 unspecified atom stereocenters. The minimum absolute atomic E-state index is 0.810. The zero-order valence-electron chi connectivity index (χ0n) is 4.28. The SMILES string of the molecule is C1C[C@H]2C[C@@H]1NN2. The van der Waals surface area contributed by atoms with Gasteiger partial charge in [0.2, 0.25) is 0 Å². The van der Waals surface area contributed by atoms with Crippen LogP contribution in [0.5, 0.6) is 0 Å². The predicted octanol–water partition coefficient (Wildman–Crippen LogP) is 0.0153. The van der Waals surface area contributed by atoms with E-state index in [4.69, 9.17) is 0 Å². The third-order valence-electron chi connectivity index (χ3n) is 1.92. The molecule has 0 aromatic heterocycles. The Bertz CT molecular complexity index is 64.1. The number of hydrazine groups is 1. The highest BCUT2D eigenvalue weighted by atomic mass is 15.4. The summed E-state index contributed by atoms with van der Waals surface area (Å²) in [6.45, 7) is 0. The quantitative estimate of drug-likeness (QED) is 0.446. The molecule has 0 amide bonds. The minimum atomic E-state index is 0.810. The van der Waals surface area contributed by atoms with Gasteiger partial charge in [0.25, 0.3) is 0 Å². The molecule has 1 aliphatic heterocycles. The normalized spacial score (nSPS) is 48.0. The molecule has 7 heavy (non-hydrogen) atoms. The van der Waals surface area contributed by atoms with Gasteiger partial charge < -0.3 is 0 Å². The van der Waals surface area contributed by atoms with E-state index in [9.17, 15) is 0 Å². The summed E-state index contributed by atoms with van der Waals surface area (Å²) in [5.41, 5.74) is 6.41. The molecule has 0 aromatic rings. The molecule has 2 aliphatic rings. The van der Waals surface area contributed by atoms with E-state index in [0.29, 0.717) is 0 Å². The highest BCUT2D eigenvalue weighted by Crippen LogP contribution is 2.22. The Morgan fingerprint density at radius 1 is 1.00 bits per heavy atom. The molecule has 0 aromatic carbocycles. The number of hydrogen-bond acceptors (Lipinski definition) is 2.